The largest absolute Gasteiger partial charge is 0.342 e. The number of halogens is 1. The van der Waals surface area contributed by atoms with Gasteiger partial charge in [0.05, 0.1) is 5.92 Å². The topological polar surface area (TPSA) is 49.4 Å². The third-order valence-electron chi connectivity index (χ3n) is 4.21. The van der Waals surface area contributed by atoms with Crippen LogP contribution >= 0.6 is 0 Å². The van der Waals surface area contributed by atoms with Crippen LogP contribution in [0.3, 0.4) is 0 Å². The molecule has 1 aliphatic heterocycles. The third kappa shape index (κ3) is 3.98. The van der Waals surface area contributed by atoms with Gasteiger partial charge in [-0.1, -0.05) is 30.3 Å². The second-order valence-corrected chi connectivity index (χ2v) is 5.97. The maximum absolute atomic E-state index is 12.9. The molecule has 1 heterocycles. The second-order valence-electron chi connectivity index (χ2n) is 5.97. The van der Waals surface area contributed by atoms with Crippen LogP contribution in [0.5, 0.6) is 0 Å². The average molecular weight is 326 g/mol. The summed E-state index contributed by atoms with van der Waals surface area (Å²) in [7, 11) is 0. The Labute approximate surface area is 140 Å². The van der Waals surface area contributed by atoms with Gasteiger partial charge in [-0.3, -0.25) is 9.59 Å². The SMILES string of the molecule is O=C(Nc1ccc(F)cc1)[C@@H]1CC(=O)N(CCc2ccccc2)C1. The van der Waals surface area contributed by atoms with E-state index in [0.717, 1.165) is 6.42 Å². The lowest BCUT2D eigenvalue weighted by molar-refractivity contribution is -0.128. The van der Waals surface area contributed by atoms with Gasteiger partial charge in [-0.2, -0.15) is 0 Å². The fourth-order valence-electron chi connectivity index (χ4n) is 2.85. The van der Waals surface area contributed by atoms with Gasteiger partial charge in [0.1, 0.15) is 5.82 Å². The summed E-state index contributed by atoms with van der Waals surface area (Å²) >= 11 is 0. The highest BCUT2D eigenvalue weighted by atomic mass is 19.1. The summed E-state index contributed by atoms with van der Waals surface area (Å²) < 4.78 is 12.9. The molecule has 0 unspecified atom stereocenters. The van der Waals surface area contributed by atoms with Crippen LogP contribution in [-0.2, 0) is 16.0 Å². The lowest BCUT2D eigenvalue weighted by Gasteiger charge is -2.16. The highest BCUT2D eigenvalue weighted by Gasteiger charge is 2.33. The van der Waals surface area contributed by atoms with Gasteiger partial charge in [0.25, 0.3) is 0 Å². The Morgan fingerprint density at radius 3 is 2.54 bits per heavy atom. The molecule has 4 nitrogen and oxygen atoms in total. The number of rotatable bonds is 5. The zero-order valence-electron chi connectivity index (χ0n) is 13.2. The summed E-state index contributed by atoms with van der Waals surface area (Å²) in [5.41, 5.74) is 1.71. The summed E-state index contributed by atoms with van der Waals surface area (Å²) in [6.07, 6.45) is 1.00. The van der Waals surface area contributed by atoms with E-state index in [1.54, 1.807) is 4.90 Å². The Bertz CT molecular complexity index is 716. The van der Waals surface area contributed by atoms with E-state index in [4.69, 9.17) is 0 Å². The van der Waals surface area contributed by atoms with Crippen LogP contribution in [0.25, 0.3) is 0 Å². The normalized spacial score (nSPS) is 17.1. The van der Waals surface area contributed by atoms with E-state index in [1.165, 1.54) is 29.8 Å². The first-order valence-electron chi connectivity index (χ1n) is 8.00. The summed E-state index contributed by atoms with van der Waals surface area (Å²) in [6, 6.07) is 15.6. The highest BCUT2D eigenvalue weighted by molar-refractivity contribution is 5.97. The number of nitrogens with one attached hydrogen (secondary N) is 1. The highest BCUT2D eigenvalue weighted by Crippen LogP contribution is 2.20. The quantitative estimate of drug-likeness (QED) is 0.918. The third-order valence-corrected chi connectivity index (χ3v) is 4.21. The van der Waals surface area contributed by atoms with Crippen LogP contribution in [0.2, 0.25) is 0 Å². The molecular formula is C19H19FN2O2. The molecule has 2 aromatic rings. The molecule has 124 valence electrons. The van der Waals surface area contributed by atoms with Crippen LogP contribution in [0.4, 0.5) is 10.1 Å². The molecule has 0 bridgehead atoms. The van der Waals surface area contributed by atoms with Crippen molar-refractivity contribution >= 4 is 17.5 Å². The average Bonchev–Trinajstić information content (AvgIpc) is 2.97. The Morgan fingerprint density at radius 2 is 1.83 bits per heavy atom. The predicted octanol–water partition coefficient (Wildman–Crippen LogP) is 2.86. The molecule has 0 aliphatic carbocycles. The number of anilines is 1. The van der Waals surface area contributed by atoms with Crippen LogP contribution in [0.1, 0.15) is 12.0 Å². The van der Waals surface area contributed by atoms with Crippen LogP contribution in [0.15, 0.2) is 54.6 Å². The van der Waals surface area contributed by atoms with Gasteiger partial charge in [0, 0.05) is 25.2 Å². The first kappa shape index (κ1) is 16.2. The zero-order valence-corrected chi connectivity index (χ0v) is 13.2. The van der Waals surface area contributed by atoms with E-state index >= 15 is 0 Å². The van der Waals surface area contributed by atoms with Crippen molar-refractivity contribution in [2.24, 2.45) is 5.92 Å². The van der Waals surface area contributed by atoms with Crippen LogP contribution < -0.4 is 5.32 Å². The smallest absolute Gasteiger partial charge is 0.229 e. The van der Waals surface area contributed by atoms with E-state index < -0.39 is 0 Å². The molecule has 0 aromatic heterocycles. The Balaban J connectivity index is 1.53. The minimum atomic E-state index is -0.363. The minimum absolute atomic E-state index is 0.00480. The molecule has 1 saturated heterocycles. The minimum Gasteiger partial charge on any atom is -0.342 e. The first-order valence-corrected chi connectivity index (χ1v) is 8.00. The fraction of sp³-hybridized carbons (Fsp3) is 0.263. The van der Waals surface area contributed by atoms with Gasteiger partial charge in [0.2, 0.25) is 11.8 Å². The van der Waals surface area contributed by atoms with E-state index in [9.17, 15) is 14.0 Å². The predicted molar refractivity (Wildman–Crippen MR) is 89.9 cm³/mol. The van der Waals surface area contributed by atoms with Crippen molar-refractivity contribution in [3.63, 3.8) is 0 Å². The standard InChI is InChI=1S/C19H19FN2O2/c20-16-6-8-17(9-7-16)21-19(24)15-12-18(23)22(13-15)11-10-14-4-2-1-3-5-14/h1-9,15H,10-13H2,(H,21,24)/t15-/m1/s1. The molecule has 2 amide bonds. The Kier molecular flexibility index (Phi) is 4.89. The summed E-state index contributed by atoms with van der Waals surface area (Å²) in [5.74, 6) is -0.906. The van der Waals surface area contributed by atoms with Gasteiger partial charge in [-0.15, -0.1) is 0 Å². The fourth-order valence-corrected chi connectivity index (χ4v) is 2.85. The van der Waals surface area contributed by atoms with Crippen molar-refractivity contribution < 1.29 is 14.0 Å². The van der Waals surface area contributed by atoms with Crippen molar-refractivity contribution in [3.8, 4) is 0 Å². The zero-order chi connectivity index (χ0) is 16.9. The first-order chi connectivity index (χ1) is 11.6. The van der Waals surface area contributed by atoms with Gasteiger partial charge in [-0.05, 0) is 36.2 Å². The van der Waals surface area contributed by atoms with Crippen molar-refractivity contribution in [2.45, 2.75) is 12.8 Å². The number of hydrogen-bond donors (Lipinski definition) is 1. The number of nitrogens with zero attached hydrogens (tertiary/aromatic N) is 1. The molecule has 0 spiro atoms. The maximum Gasteiger partial charge on any atom is 0.229 e. The number of likely N-dealkylation sites (tertiary alicyclic amines) is 1. The number of carbonyl (C=O) groups is 2. The molecule has 1 aliphatic rings. The van der Waals surface area contributed by atoms with Crippen LogP contribution in [0, 0.1) is 11.7 Å². The van der Waals surface area contributed by atoms with E-state index in [0.29, 0.717) is 18.8 Å². The molecule has 0 radical (unpaired) electrons. The van der Waals surface area contributed by atoms with Crippen molar-refractivity contribution in [1.29, 1.82) is 0 Å². The molecule has 1 fully saturated rings. The van der Waals surface area contributed by atoms with Crippen molar-refractivity contribution in [3.05, 3.63) is 66.0 Å². The lowest BCUT2D eigenvalue weighted by atomic mass is 10.1. The molecule has 0 saturated carbocycles. The lowest BCUT2D eigenvalue weighted by Crippen LogP contribution is -2.30. The number of hydrogen-bond acceptors (Lipinski definition) is 2. The van der Waals surface area contributed by atoms with E-state index in [1.807, 2.05) is 30.3 Å². The summed E-state index contributed by atoms with van der Waals surface area (Å²) in [4.78, 5) is 26.1. The van der Waals surface area contributed by atoms with Gasteiger partial charge < -0.3 is 10.2 Å². The number of benzene rings is 2. The van der Waals surface area contributed by atoms with Gasteiger partial charge in [0.15, 0.2) is 0 Å². The monoisotopic (exact) mass is 326 g/mol. The maximum atomic E-state index is 12.9. The summed E-state index contributed by atoms with van der Waals surface area (Å²) in [5, 5.41) is 2.74. The molecule has 5 heteroatoms. The van der Waals surface area contributed by atoms with E-state index in [2.05, 4.69) is 5.32 Å². The number of amides is 2. The van der Waals surface area contributed by atoms with Gasteiger partial charge >= 0.3 is 0 Å². The van der Waals surface area contributed by atoms with Crippen LogP contribution in [-0.4, -0.2) is 29.8 Å². The molecule has 24 heavy (non-hydrogen) atoms. The van der Waals surface area contributed by atoms with Crippen molar-refractivity contribution in [2.75, 3.05) is 18.4 Å². The second kappa shape index (κ2) is 7.25. The van der Waals surface area contributed by atoms with Crippen molar-refractivity contribution in [1.82, 2.24) is 4.90 Å². The summed E-state index contributed by atoms with van der Waals surface area (Å²) in [6.45, 7) is 1.04. The molecule has 1 N–H and O–H groups in total. The Hall–Kier alpha value is -2.69. The molecule has 3 rings (SSSR count). The number of carbonyl (C=O) groups excluding carboxylic acids is 2. The Morgan fingerprint density at radius 1 is 1.12 bits per heavy atom. The molecule has 2 aromatic carbocycles. The molecular weight excluding hydrogens is 307 g/mol. The molecule has 1 atom stereocenters. The van der Waals surface area contributed by atoms with E-state index in [-0.39, 0.29) is 30.0 Å². The van der Waals surface area contributed by atoms with Gasteiger partial charge in [-0.25, -0.2) is 4.39 Å².